The van der Waals surface area contributed by atoms with Gasteiger partial charge in [-0.3, -0.25) is 14.6 Å². The first-order valence-corrected chi connectivity index (χ1v) is 10.3. The zero-order valence-electron chi connectivity index (χ0n) is 18.3. The van der Waals surface area contributed by atoms with Gasteiger partial charge in [0.15, 0.2) is 0 Å². The van der Waals surface area contributed by atoms with Crippen LogP contribution in [-0.4, -0.2) is 33.7 Å². The number of hydrogen-bond donors (Lipinski definition) is 2. The predicted molar refractivity (Wildman–Crippen MR) is 125 cm³/mol. The number of nitrogens with zero attached hydrogens (tertiary/aromatic N) is 3. The molecule has 4 aromatic rings. The van der Waals surface area contributed by atoms with Crippen molar-refractivity contribution in [2.45, 2.75) is 13.5 Å². The van der Waals surface area contributed by atoms with Crippen molar-refractivity contribution in [1.82, 2.24) is 20.1 Å². The summed E-state index contributed by atoms with van der Waals surface area (Å²) in [5, 5.41) is 10.2. The van der Waals surface area contributed by atoms with Gasteiger partial charge in [-0.2, -0.15) is 5.10 Å². The van der Waals surface area contributed by atoms with E-state index in [1.54, 1.807) is 48.5 Å². The van der Waals surface area contributed by atoms with Gasteiger partial charge in [-0.1, -0.05) is 12.1 Å². The van der Waals surface area contributed by atoms with Crippen molar-refractivity contribution < 1.29 is 14.3 Å². The van der Waals surface area contributed by atoms with Gasteiger partial charge in [-0.05, 0) is 61.0 Å². The zero-order chi connectivity index (χ0) is 23.2. The molecule has 0 saturated heterocycles. The van der Waals surface area contributed by atoms with Crippen molar-refractivity contribution in [2.24, 2.45) is 0 Å². The van der Waals surface area contributed by atoms with Crippen LogP contribution in [-0.2, 0) is 6.54 Å². The van der Waals surface area contributed by atoms with E-state index in [9.17, 15) is 9.59 Å². The Morgan fingerprint density at radius 3 is 2.45 bits per heavy atom. The first-order valence-electron chi connectivity index (χ1n) is 10.3. The van der Waals surface area contributed by atoms with Crippen LogP contribution >= 0.6 is 0 Å². The standard InChI is InChI=1S/C25H23N5O3/c1-17-4-3-5-22(23(17)28-24(31)18-10-13-26-14-11-18)25(32)27-16-19-12-15-30(29-19)20-6-8-21(33-2)9-7-20/h3-15H,16H2,1-2H3,(H,27,32)(H,28,31). The molecule has 2 heterocycles. The first kappa shape index (κ1) is 21.8. The van der Waals surface area contributed by atoms with E-state index in [2.05, 4.69) is 20.7 Å². The summed E-state index contributed by atoms with van der Waals surface area (Å²) in [6.45, 7) is 2.09. The minimum Gasteiger partial charge on any atom is -0.497 e. The van der Waals surface area contributed by atoms with Crippen LogP contribution in [0.5, 0.6) is 5.75 Å². The quantitative estimate of drug-likeness (QED) is 0.455. The number of aryl methyl sites for hydroxylation is 1. The fraction of sp³-hybridized carbons (Fsp3) is 0.120. The van der Waals surface area contributed by atoms with Crippen LogP contribution in [0.15, 0.2) is 79.3 Å². The largest absolute Gasteiger partial charge is 0.497 e. The average Bonchev–Trinajstić information content (AvgIpc) is 3.33. The number of methoxy groups -OCH3 is 1. The number of rotatable bonds is 7. The summed E-state index contributed by atoms with van der Waals surface area (Å²) >= 11 is 0. The van der Waals surface area contributed by atoms with Crippen molar-refractivity contribution in [3.8, 4) is 11.4 Å². The molecule has 0 radical (unpaired) electrons. The van der Waals surface area contributed by atoms with Gasteiger partial charge in [-0.25, -0.2) is 4.68 Å². The summed E-state index contributed by atoms with van der Waals surface area (Å²) in [5.74, 6) is 0.157. The van der Waals surface area contributed by atoms with Gasteiger partial charge in [-0.15, -0.1) is 0 Å². The molecule has 0 aliphatic rings. The van der Waals surface area contributed by atoms with E-state index >= 15 is 0 Å². The molecule has 2 amide bonds. The number of pyridine rings is 1. The van der Waals surface area contributed by atoms with Gasteiger partial charge < -0.3 is 15.4 Å². The lowest BCUT2D eigenvalue weighted by atomic mass is 10.1. The average molecular weight is 441 g/mol. The molecule has 0 aliphatic carbocycles. The maximum atomic E-state index is 12.9. The van der Waals surface area contributed by atoms with E-state index in [4.69, 9.17) is 4.74 Å². The highest BCUT2D eigenvalue weighted by molar-refractivity contribution is 6.09. The molecule has 0 saturated carbocycles. The molecule has 166 valence electrons. The lowest BCUT2D eigenvalue weighted by molar-refractivity contribution is 0.0951. The van der Waals surface area contributed by atoms with Crippen molar-refractivity contribution in [1.29, 1.82) is 0 Å². The van der Waals surface area contributed by atoms with Gasteiger partial charge in [0, 0.05) is 24.2 Å². The van der Waals surface area contributed by atoms with Crippen LogP contribution in [0.1, 0.15) is 32.0 Å². The summed E-state index contributed by atoms with van der Waals surface area (Å²) in [6.07, 6.45) is 4.92. The van der Waals surface area contributed by atoms with Crippen LogP contribution in [0.25, 0.3) is 5.69 Å². The lowest BCUT2D eigenvalue weighted by Gasteiger charge is -2.14. The van der Waals surface area contributed by atoms with Crippen molar-refractivity contribution >= 4 is 17.5 Å². The normalized spacial score (nSPS) is 10.5. The van der Waals surface area contributed by atoms with Crippen LogP contribution in [0.3, 0.4) is 0 Å². The Morgan fingerprint density at radius 2 is 1.73 bits per heavy atom. The number of amides is 2. The molecular weight excluding hydrogens is 418 g/mol. The molecule has 2 aromatic heterocycles. The SMILES string of the molecule is COc1ccc(-n2ccc(CNC(=O)c3cccc(C)c3NC(=O)c3ccncc3)n2)cc1. The second-order valence-electron chi connectivity index (χ2n) is 7.32. The fourth-order valence-electron chi connectivity index (χ4n) is 3.31. The number of carbonyl (C=O) groups excluding carboxylic acids is 2. The van der Waals surface area contributed by atoms with Gasteiger partial charge >= 0.3 is 0 Å². The highest BCUT2D eigenvalue weighted by atomic mass is 16.5. The Morgan fingerprint density at radius 1 is 0.970 bits per heavy atom. The van der Waals surface area contributed by atoms with Crippen molar-refractivity contribution in [3.05, 3.63) is 102 Å². The van der Waals surface area contributed by atoms with Crippen LogP contribution in [0.2, 0.25) is 0 Å². The highest BCUT2D eigenvalue weighted by Gasteiger charge is 2.16. The molecule has 2 aromatic carbocycles. The van der Waals surface area contributed by atoms with Crippen molar-refractivity contribution in [2.75, 3.05) is 12.4 Å². The molecule has 33 heavy (non-hydrogen) atoms. The van der Waals surface area contributed by atoms with E-state index in [1.165, 1.54) is 0 Å². The molecule has 8 heteroatoms. The van der Waals surface area contributed by atoms with E-state index in [1.807, 2.05) is 49.5 Å². The van der Waals surface area contributed by atoms with E-state index in [0.717, 1.165) is 17.0 Å². The van der Waals surface area contributed by atoms with Gasteiger partial charge in [0.2, 0.25) is 0 Å². The molecule has 0 bridgehead atoms. The third-order valence-electron chi connectivity index (χ3n) is 5.11. The number of benzene rings is 2. The second kappa shape index (κ2) is 9.78. The molecule has 2 N–H and O–H groups in total. The topological polar surface area (TPSA) is 98.1 Å². The Bertz CT molecular complexity index is 1270. The van der Waals surface area contributed by atoms with E-state index in [-0.39, 0.29) is 18.4 Å². The van der Waals surface area contributed by atoms with Crippen LogP contribution < -0.4 is 15.4 Å². The summed E-state index contributed by atoms with van der Waals surface area (Å²) in [4.78, 5) is 29.5. The van der Waals surface area contributed by atoms with E-state index in [0.29, 0.717) is 22.5 Å². The Kier molecular flexibility index (Phi) is 6.45. The fourth-order valence-corrected chi connectivity index (χ4v) is 3.31. The van der Waals surface area contributed by atoms with Gasteiger partial charge in [0.05, 0.1) is 36.3 Å². The molecule has 0 aliphatic heterocycles. The number of ether oxygens (including phenoxy) is 1. The number of anilines is 1. The number of aromatic nitrogens is 3. The molecule has 0 unspecified atom stereocenters. The van der Waals surface area contributed by atoms with Crippen LogP contribution in [0, 0.1) is 6.92 Å². The maximum Gasteiger partial charge on any atom is 0.255 e. The van der Waals surface area contributed by atoms with Gasteiger partial charge in [0.1, 0.15) is 5.75 Å². The minimum absolute atomic E-state index is 0.244. The van der Waals surface area contributed by atoms with Gasteiger partial charge in [0.25, 0.3) is 11.8 Å². The molecule has 0 atom stereocenters. The molecule has 4 rings (SSSR count). The molecular formula is C25H23N5O3. The summed E-state index contributed by atoms with van der Waals surface area (Å²) in [7, 11) is 1.62. The second-order valence-corrected chi connectivity index (χ2v) is 7.32. The van der Waals surface area contributed by atoms with Crippen LogP contribution in [0.4, 0.5) is 5.69 Å². The summed E-state index contributed by atoms with van der Waals surface area (Å²) in [6, 6.07) is 17.9. The highest BCUT2D eigenvalue weighted by Crippen LogP contribution is 2.22. The third kappa shape index (κ3) is 5.07. The molecule has 8 nitrogen and oxygen atoms in total. The number of hydrogen-bond acceptors (Lipinski definition) is 5. The third-order valence-corrected chi connectivity index (χ3v) is 5.11. The Hall–Kier alpha value is -4.46. The number of carbonyl (C=O) groups is 2. The molecule has 0 fully saturated rings. The lowest BCUT2D eigenvalue weighted by Crippen LogP contribution is -2.25. The smallest absolute Gasteiger partial charge is 0.255 e. The summed E-state index contributed by atoms with van der Waals surface area (Å²) in [5.41, 5.74) is 3.69. The van der Waals surface area contributed by atoms with E-state index < -0.39 is 0 Å². The monoisotopic (exact) mass is 441 g/mol. The number of para-hydroxylation sites is 1. The molecule has 0 spiro atoms. The number of nitrogens with one attached hydrogen (secondary N) is 2. The Labute approximate surface area is 191 Å². The Balaban J connectivity index is 1.45. The van der Waals surface area contributed by atoms with Crippen molar-refractivity contribution in [3.63, 3.8) is 0 Å². The summed E-state index contributed by atoms with van der Waals surface area (Å²) < 4.78 is 6.91. The maximum absolute atomic E-state index is 12.9. The zero-order valence-corrected chi connectivity index (χ0v) is 18.3. The predicted octanol–water partition coefficient (Wildman–Crippen LogP) is 3.77. The minimum atomic E-state index is -0.306. The first-order chi connectivity index (χ1) is 16.0.